The summed E-state index contributed by atoms with van der Waals surface area (Å²) in [6.07, 6.45) is 0.881. The van der Waals surface area contributed by atoms with Gasteiger partial charge in [0.1, 0.15) is 0 Å². The van der Waals surface area contributed by atoms with Crippen molar-refractivity contribution in [1.29, 1.82) is 0 Å². The van der Waals surface area contributed by atoms with Crippen LogP contribution in [-0.4, -0.2) is 38.0 Å². The molecule has 10 heteroatoms. The molecule has 0 atom stereocenters. The molecule has 0 aliphatic carbocycles. The Hall–Kier alpha value is -0.960. The Kier molecular flexibility index (Phi) is 6.79. The average Bonchev–Trinajstić information content (AvgIpc) is 2.31. The van der Waals surface area contributed by atoms with E-state index in [-0.39, 0.29) is 17.4 Å². The number of amides is 2. The van der Waals surface area contributed by atoms with Crippen LogP contribution in [0.3, 0.4) is 0 Å². The monoisotopic (exact) mass is 370 g/mol. The van der Waals surface area contributed by atoms with Crippen molar-refractivity contribution in [3.8, 4) is 0 Å². The van der Waals surface area contributed by atoms with Gasteiger partial charge in [-0.05, 0) is 18.2 Å². The van der Waals surface area contributed by atoms with Gasteiger partial charge in [-0.1, -0.05) is 23.2 Å². The van der Waals surface area contributed by atoms with Gasteiger partial charge in [0, 0.05) is 5.69 Å². The molecule has 1 aromatic rings. The third-order valence-electron chi connectivity index (χ3n) is 1.97. The molecular weight excluding hydrogens is 359 g/mol. The standard InChI is InChI=1S/C11H12Cl2N2O4S2/c1-21(18,19)15-11(17)6-20-5-10(16)14-7-2-3-8(12)9(13)4-7/h2-4H,5-6H2,1H3,(H,14,16)(H,15,17). The second-order valence-electron chi connectivity index (χ2n) is 3.97. The number of benzene rings is 1. The van der Waals surface area contributed by atoms with Crippen LogP contribution < -0.4 is 10.0 Å². The molecule has 0 radical (unpaired) electrons. The normalized spacial score (nSPS) is 11.0. The van der Waals surface area contributed by atoms with Gasteiger partial charge < -0.3 is 5.32 Å². The number of hydrogen-bond donors (Lipinski definition) is 2. The lowest BCUT2D eigenvalue weighted by Gasteiger charge is -2.06. The number of nitrogens with one attached hydrogen (secondary N) is 2. The first-order valence-electron chi connectivity index (χ1n) is 5.50. The summed E-state index contributed by atoms with van der Waals surface area (Å²) in [5, 5.41) is 3.27. The zero-order chi connectivity index (χ0) is 16.0. The van der Waals surface area contributed by atoms with Crippen molar-refractivity contribution in [1.82, 2.24) is 4.72 Å². The lowest BCUT2D eigenvalue weighted by Crippen LogP contribution is -2.31. The molecule has 0 saturated heterocycles. The van der Waals surface area contributed by atoms with Gasteiger partial charge in [-0.25, -0.2) is 8.42 Å². The van der Waals surface area contributed by atoms with Crippen molar-refractivity contribution in [2.24, 2.45) is 0 Å². The van der Waals surface area contributed by atoms with Gasteiger partial charge in [0.15, 0.2) is 0 Å². The van der Waals surface area contributed by atoms with Crippen LogP contribution >= 0.6 is 35.0 Å². The molecule has 0 bridgehead atoms. The van der Waals surface area contributed by atoms with E-state index in [0.29, 0.717) is 15.7 Å². The maximum absolute atomic E-state index is 11.6. The zero-order valence-corrected chi connectivity index (χ0v) is 14.0. The van der Waals surface area contributed by atoms with Gasteiger partial charge in [-0.3, -0.25) is 14.3 Å². The Bertz CT molecular complexity index is 650. The van der Waals surface area contributed by atoms with Crippen LogP contribution in [-0.2, 0) is 19.6 Å². The summed E-state index contributed by atoms with van der Waals surface area (Å²) in [5.41, 5.74) is 0.482. The Balaban J connectivity index is 2.37. The first-order valence-corrected chi connectivity index (χ1v) is 9.31. The molecule has 2 amide bonds. The Labute approximate surface area is 136 Å². The zero-order valence-electron chi connectivity index (χ0n) is 10.9. The van der Waals surface area contributed by atoms with E-state index in [1.54, 1.807) is 16.9 Å². The molecule has 0 aliphatic rings. The maximum Gasteiger partial charge on any atom is 0.243 e. The molecule has 1 rings (SSSR count). The predicted octanol–water partition coefficient (Wildman–Crippen LogP) is 1.74. The fourth-order valence-electron chi connectivity index (χ4n) is 1.24. The fourth-order valence-corrected chi connectivity index (χ4v) is 2.74. The number of hydrogen-bond acceptors (Lipinski definition) is 5. The Morgan fingerprint density at radius 1 is 1.14 bits per heavy atom. The van der Waals surface area contributed by atoms with Crippen molar-refractivity contribution in [2.45, 2.75) is 0 Å². The topological polar surface area (TPSA) is 92.3 Å². The van der Waals surface area contributed by atoms with Gasteiger partial charge in [-0.2, -0.15) is 0 Å². The molecule has 1 aromatic carbocycles. The van der Waals surface area contributed by atoms with Crippen LogP contribution in [0.25, 0.3) is 0 Å². The number of rotatable bonds is 6. The molecule has 0 fully saturated rings. The minimum absolute atomic E-state index is 0.00255. The molecule has 0 heterocycles. The summed E-state index contributed by atoms with van der Waals surface area (Å²) in [5.74, 6) is -1.16. The van der Waals surface area contributed by atoms with Gasteiger partial charge >= 0.3 is 0 Å². The highest BCUT2D eigenvalue weighted by molar-refractivity contribution is 8.00. The van der Waals surface area contributed by atoms with Crippen molar-refractivity contribution in [2.75, 3.05) is 23.1 Å². The highest BCUT2D eigenvalue weighted by Gasteiger charge is 2.10. The fraction of sp³-hybridized carbons (Fsp3) is 0.273. The largest absolute Gasteiger partial charge is 0.325 e. The predicted molar refractivity (Wildman–Crippen MR) is 85.4 cm³/mol. The second-order valence-corrected chi connectivity index (χ2v) is 7.52. The van der Waals surface area contributed by atoms with Crippen LogP contribution in [0.4, 0.5) is 5.69 Å². The van der Waals surface area contributed by atoms with Gasteiger partial charge in [0.25, 0.3) is 0 Å². The first kappa shape index (κ1) is 18.1. The minimum atomic E-state index is -3.57. The highest BCUT2D eigenvalue weighted by Crippen LogP contribution is 2.25. The number of anilines is 1. The summed E-state index contributed by atoms with van der Waals surface area (Å²) in [6.45, 7) is 0. The van der Waals surface area contributed by atoms with Gasteiger partial charge in [0.05, 0.1) is 27.8 Å². The Morgan fingerprint density at radius 2 is 1.76 bits per heavy atom. The third-order valence-corrected chi connectivity index (χ3v) is 4.24. The quantitative estimate of drug-likeness (QED) is 0.795. The maximum atomic E-state index is 11.6. The number of thioether (sulfide) groups is 1. The second kappa shape index (κ2) is 7.88. The first-order chi connectivity index (χ1) is 9.67. The smallest absolute Gasteiger partial charge is 0.243 e. The summed E-state index contributed by atoms with van der Waals surface area (Å²) >= 11 is 12.5. The molecular formula is C11H12Cl2N2O4S2. The van der Waals surface area contributed by atoms with Crippen LogP contribution in [0.15, 0.2) is 18.2 Å². The third kappa shape index (κ3) is 7.56. The van der Waals surface area contributed by atoms with E-state index in [4.69, 9.17) is 23.2 Å². The molecule has 0 saturated carbocycles. The molecule has 21 heavy (non-hydrogen) atoms. The van der Waals surface area contributed by atoms with Crippen molar-refractivity contribution >= 4 is 62.5 Å². The number of carbonyl (C=O) groups excluding carboxylic acids is 2. The van der Waals surface area contributed by atoms with Crippen molar-refractivity contribution in [3.05, 3.63) is 28.2 Å². The van der Waals surface area contributed by atoms with Crippen LogP contribution in [0.5, 0.6) is 0 Å². The van der Waals surface area contributed by atoms with E-state index in [0.717, 1.165) is 18.0 Å². The highest BCUT2D eigenvalue weighted by atomic mass is 35.5. The van der Waals surface area contributed by atoms with E-state index in [1.807, 2.05) is 0 Å². The summed E-state index contributed by atoms with van der Waals surface area (Å²) in [6, 6.07) is 4.64. The average molecular weight is 371 g/mol. The lowest BCUT2D eigenvalue weighted by molar-refractivity contribution is -0.116. The van der Waals surface area contributed by atoms with Crippen LogP contribution in [0, 0.1) is 0 Å². The van der Waals surface area contributed by atoms with E-state index in [9.17, 15) is 18.0 Å². The Morgan fingerprint density at radius 3 is 2.33 bits per heavy atom. The molecule has 0 unspecified atom stereocenters. The van der Waals surface area contributed by atoms with Crippen molar-refractivity contribution < 1.29 is 18.0 Å². The minimum Gasteiger partial charge on any atom is -0.325 e. The molecule has 0 spiro atoms. The van der Waals surface area contributed by atoms with Crippen LogP contribution in [0.2, 0.25) is 10.0 Å². The summed E-state index contributed by atoms with van der Waals surface area (Å²) < 4.78 is 23.4. The van der Waals surface area contributed by atoms with Crippen LogP contribution in [0.1, 0.15) is 0 Å². The van der Waals surface area contributed by atoms with E-state index in [1.165, 1.54) is 6.07 Å². The van der Waals surface area contributed by atoms with Crippen molar-refractivity contribution in [3.63, 3.8) is 0 Å². The summed E-state index contributed by atoms with van der Waals surface area (Å²) in [4.78, 5) is 22.8. The number of halogens is 2. The molecule has 0 aliphatic heterocycles. The van der Waals surface area contributed by atoms with Gasteiger partial charge in [0.2, 0.25) is 21.8 Å². The number of sulfonamides is 1. The van der Waals surface area contributed by atoms with E-state index < -0.39 is 15.9 Å². The SMILES string of the molecule is CS(=O)(=O)NC(=O)CSCC(=O)Nc1ccc(Cl)c(Cl)c1. The summed E-state index contributed by atoms with van der Waals surface area (Å²) in [7, 11) is -3.57. The lowest BCUT2D eigenvalue weighted by atomic mass is 10.3. The molecule has 6 nitrogen and oxygen atoms in total. The molecule has 116 valence electrons. The molecule has 2 N–H and O–H groups in total. The van der Waals surface area contributed by atoms with Gasteiger partial charge in [-0.15, -0.1) is 11.8 Å². The molecule has 0 aromatic heterocycles. The van der Waals surface area contributed by atoms with E-state index >= 15 is 0 Å². The number of carbonyl (C=O) groups is 2. The van der Waals surface area contributed by atoms with E-state index in [2.05, 4.69) is 5.32 Å².